The number of ether oxygens (including phenoxy) is 1. The first-order chi connectivity index (χ1) is 8.74. The van der Waals surface area contributed by atoms with Gasteiger partial charge >= 0.3 is 0 Å². The molecule has 1 aliphatic heterocycles. The second kappa shape index (κ2) is 6.88. The van der Waals surface area contributed by atoms with Crippen molar-refractivity contribution in [1.82, 2.24) is 4.90 Å². The molecule has 106 valence electrons. The van der Waals surface area contributed by atoms with E-state index in [1.807, 2.05) is 0 Å². The average Bonchev–Trinajstić information content (AvgIpc) is 2.41. The lowest BCUT2D eigenvalue weighted by molar-refractivity contribution is 0.0253. The van der Waals surface area contributed by atoms with Crippen LogP contribution in [0.4, 0.5) is 0 Å². The number of hydrogen-bond acceptors (Lipinski definition) is 3. The SMILES string of the molecule is CN(CC1CCOCC1)CC1(CO)CCCCC1. The van der Waals surface area contributed by atoms with Crippen LogP contribution in [0.5, 0.6) is 0 Å². The van der Waals surface area contributed by atoms with Gasteiger partial charge in [0.25, 0.3) is 0 Å². The monoisotopic (exact) mass is 255 g/mol. The second-order valence-corrected chi connectivity index (χ2v) is 6.47. The minimum Gasteiger partial charge on any atom is -0.396 e. The number of nitrogens with zero attached hydrogens (tertiary/aromatic N) is 1. The van der Waals surface area contributed by atoms with Crippen molar-refractivity contribution in [2.24, 2.45) is 11.3 Å². The maximum absolute atomic E-state index is 9.75. The van der Waals surface area contributed by atoms with E-state index in [4.69, 9.17) is 4.74 Å². The molecule has 0 atom stereocenters. The fourth-order valence-electron chi connectivity index (χ4n) is 3.67. The molecule has 2 aliphatic rings. The van der Waals surface area contributed by atoms with E-state index < -0.39 is 0 Å². The molecule has 0 radical (unpaired) electrons. The lowest BCUT2D eigenvalue weighted by Crippen LogP contribution is -2.42. The molecule has 3 heteroatoms. The third-order valence-corrected chi connectivity index (χ3v) is 4.77. The molecule has 0 unspecified atom stereocenters. The van der Waals surface area contributed by atoms with Gasteiger partial charge in [0.2, 0.25) is 0 Å². The van der Waals surface area contributed by atoms with E-state index in [0.29, 0.717) is 6.61 Å². The van der Waals surface area contributed by atoms with Crippen LogP contribution in [0.15, 0.2) is 0 Å². The van der Waals surface area contributed by atoms with Gasteiger partial charge in [-0.1, -0.05) is 19.3 Å². The maximum Gasteiger partial charge on any atom is 0.0499 e. The van der Waals surface area contributed by atoms with Crippen molar-refractivity contribution < 1.29 is 9.84 Å². The van der Waals surface area contributed by atoms with Crippen LogP contribution in [-0.4, -0.2) is 50.0 Å². The van der Waals surface area contributed by atoms with Crippen molar-refractivity contribution in [2.75, 3.05) is 40.0 Å². The van der Waals surface area contributed by atoms with Crippen LogP contribution in [0.1, 0.15) is 44.9 Å². The summed E-state index contributed by atoms with van der Waals surface area (Å²) in [6, 6.07) is 0. The van der Waals surface area contributed by atoms with Crippen molar-refractivity contribution in [2.45, 2.75) is 44.9 Å². The van der Waals surface area contributed by atoms with Gasteiger partial charge in [-0.05, 0) is 38.6 Å². The number of aliphatic hydroxyl groups excluding tert-OH is 1. The predicted molar refractivity (Wildman–Crippen MR) is 73.6 cm³/mol. The van der Waals surface area contributed by atoms with Gasteiger partial charge in [0, 0.05) is 38.3 Å². The molecule has 0 aromatic carbocycles. The third kappa shape index (κ3) is 3.94. The summed E-state index contributed by atoms with van der Waals surface area (Å²) in [6.45, 7) is 4.48. The molecule has 2 fully saturated rings. The molecule has 1 N–H and O–H groups in total. The zero-order valence-corrected chi connectivity index (χ0v) is 11.9. The Morgan fingerprint density at radius 2 is 1.83 bits per heavy atom. The Kier molecular flexibility index (Phi) is 5.46. The molecule has 0 spiro atoms. The van der Waals surface area contributed by atoms with E-state index >= 15 is 0 Å². The number of aliphatic hydroxyl groups is 1. The van der Waals surface area contributed by atoms with E-state index in [9.17, 15) is 5.11 Å². The van der Waals surface area contributed by atoms with E-state index in [1.54, 1.807) is 0 Å². The summed E-state index contributed by atoms with van der Waals surface area (Å²) in [6.07, 6.45) is 8.78. The topological polar surface area (TPSA) is 32.7 Å². The molecule has 1 saturated heterocycles. The van der Waals surface area contributed by atoms with Gasteiger partial charge in [0.15, 0.2) is 0 Å². The van der Waals surface area contributed by atoms with Gasteiger partial charge in [0.05, 0.1) is 0 Å². The lowest BCUT2D eigenvalue weighted by atomic mass is 9.74. The van der Waals surface area contributed by atoms with Gasteiger partial charge < -0.3 is 14.7 Å². The first-order valence-corrected chi connectivity index (χ1v) is 7.61. The summed E-state index contributed by atoms with van der Waals surface area (Å²) in [5.41, 5.74) is 0.193. The van der Waals surface area contributed by atoms with Crippen LogP contribution in [0, 0.1) is 11.3 Å². The first-order valence-electron chi connectivity index (χ1n) is 7.61. The summed E-state index contributed by atoms with van der Waals surface area (Å²) in [7, 11) is 2.22. The highest BCUT2D eigenvalue weighted by Gasteiger charge is 2.32. The van der Waals surface area contributed by atoms with Crippen molar-refractivity contribution in [3.05, 3.63) is 0 Å². The van der Waals surface area contributed by atoms with Crippen LogP contribution in [-0.2, 0) is 4.74 Å². The quantitative estimate of drug-likeness (QED) is 0.818. The second-order valence-electron chi connectivity index (χ2n) is 6.47. The van der Waals surface area contributed by atoms with Crippen LogP contribution in [0.25, 0.3) is 0 Å². The fraction of sp³-hybridized carbons (Fsp3) is 1.00. The minimum atomic E-state index is 0.193. The van der Waals surface area contributed by atoms with E-state index in [1.165, 1.54) is 51.5 Å². The highest BCUT2D eigenvalue weighted by molar-refractivity contribution is 4.85. The van der Waals surface area contributed by atoms with Crippen molar-refractivity contribution in [3.63, 3.8) is 0 Å². The molecular formula is C15H29NO2. The first kappa shape index (κ1) is 14.3. The summed E-state index contributed by atoms with van der Waals surface area (Å²) in [5.74, 6) is 0.795. The summed E-state index contributed by atoms with van der Waals surface area (Å²) in [5, 5.41) is 9.75. The van der Waals surface area contributed by atoms with E-state index in [-0.39, 0.29) is 5.41 Å². The molecule has 0 amide bonds. The highest BCUT2D eigenvalue weighted by atomic mass is 16.5. The number of hydrogen-bond donors (Lipinski definition) is 1. The number of rotatable bonds is 5. The van der Waals surface area contributed by atoms with E-state index in [2.05, 4.69) is 11.9 Å². The van der Waals surface area contributed by atoms with Crippen LogP contribution in [0.3, 0.4) is 0 Å². The Morgan fingerprint density at radius 3 is 2.44 bits per heavy atom. The zero-order chi connectivity index (χ0) is 12.8. The normalized spacial score (nSPS) is 25.5. The van der Waals surface area contributed by atoms with Gasteiger partial charge in [-0.25, -0.2) is 0 Å². The third-order valence-electron chi connectivity index (χ3n) is 4.77. The summed E-state index contributed by atoms with van der Waals surface area (Å²) >= 11 is 0. The molecule has 0 bridgehead atoms. The zero-order valence-electron chi connectivity index (χ0n) is 11.9. The van der Waals surface area contributed by atoms with Crippen molar-refractivity contribution in [3.8, 4) is 0 Å². The Hall–Kier alpha value is -0.120. The van der Waals surface area contributed by atoms with Crippen LogP contribution < -0.4 is 0 Å². The Labute approximate surface area is 112 Å². The molecule has 1 heterocycles. The molecule has 1 saturated carbocycles. The van der Waals surface area contributed by atoms with Crippen molar-refractivity contribution in [1.29, 1.82) is 0 Å². The van der Waals surface area contributed by atoms with Crippen LogP contribution in [0.2, 0.25) is 0 Å². The molecule has 3 nitrogen and oxygen atoms in total. The average molecular weight is 255 g/mol. The highest BCUT2D eigenvalue weighted by Crippen LogP contribution is 2.36. The van der Waals surface area contributed by atoms with Gasteiger partial charge in [-0.2, -0.15) is 0 Å². The maximum atomic E-state index is 9.75. The largest absolute Gasteiger partial charge is 0.396 e. The summed E-state index contributed by atoms with van der Waals surface area (Å²) in [4.78, 5) is 2.46. The van der Waals surface area contributed by atoms with Crippen LogP contribution >= 0.6 is 0 Å². The van der Waals surface area contributed by atoms with Gasteiger partial charge in [-0.15, -0.1) is 0 Å². The predicted octanol–water partition coefficient (Wildman–Crippen LogP) is 2.29. The lowest BCUT2D eigenvalue weighted by Gasteiger charge is -2.40. The van der Waals surface area contributed by atoms with Gasteiger partial charge in [0.1, 0.15) is 0 Å². The van der Waals surface area contributed by atoms with Gasteiger partial charge in [-0.3, -0.25) is 0 Å². The van der Waals surface area contributed by atoms with E-state index in [0.717, 1.165) is 25.7 Å². The Bertz CT molecular complexity index is 233. The smallest absolute Gasteiger partial charge is 0.0499 e. The molecule has 0 aromatic heterocycles. The molecule has 0 aromatic rings. The Balaban J connectivity index is 1.78. The molecular weight excluding hydrogens is 226 g/mol. The molecule has 1 aliphatic carbocycles. The standard InChI is InChI=1S/C15H29NO2/c1-16(11-14-5-9-18-10-6-14)12-15(13-17)7-3-2-4-8-15/h14,17H,2-13H2,1H3. The fourth-order valence-corrected chi connectivity index (χ4v) is 3.67. The Morgan fingerprint density at radius 1 is 1.17 bits per heavy atom. The van der Waals surface area contributed by atoms with Crippen molar-refractivity contribution >= 4 is 0 Å². The minimum absolute atomic E-state index is 0.193. The molecule has 18 heavy (non-hydrogen) atoms. The summed E-state index contributed by atoms with van der Waals surface area (Å²) < 4.78 is 5.41. The molecule has 2 rings (SSSR count).